The lowest BCUT2D eigenvalue weighted by molar-refractivity contribution is -0.274. The average Bonchev–Trinajstić information content (AvgIpc) is 2.56. The lowest BCUT2D eigenvalue weighted by Gasteiger charge is -2.11. The van der Waals surface area contributed by atoms with E-state index in [1.54, 1.807) is 31.3 Å². The number of benzene rings is 2. The summed E-state index contributed by atoms with van der Waals surface area (Å²) < 4.78 is 42.6. The van der Waals surface area contributed by atoms with Crippen LogP contribution in [0.25, 0.3) is 22.2 Å². The van der Waals surface area contributed by atoms with Crippen LogP contribution >= 0.6 is 0 Å². The number of hydrogen-bond acceptors (Lipinski definition) is 3. The van der Waals surface area contributed by atoms with Gasteiger partial charge in [0.1, 0.15) is 11.4 Å². The van der Waals surface area contributed by atoms with Crippen molar-refractivity contribution >= 4 is 11.0 Å². The van der Waals surface area contributed by atoms with Crippen LogP contribution in [0.1, 0.15) is 12.6 Å². The molecule has 130 valence electrons. The van der Waals surface area contributed by atoms with Crippen molar-refractivity contribution in [2.75, 3.05) is 0 Å². The van der Waals surface area contributed by atoms with Crippen LogP contribution in [0.3, 0.4) is 0 Å². The highest BCUT2D eigenvalue weighted by atomic mass is 19.4. The Morgan fingerprint density at radius 3 is 2.52 bits per heavy atom. The molecule has 7 heteroatoms. The van der Waals surface area contributed by atoms with Gasteiger partial charge in [-0.3, -0.25) is 4.79 Å². The topological polar surface area (TPSA) is 44.1 Å². The highest BCUT2D eigenvalue weighted by Gasteiger charge is 2.31. The fraction of sp³-hybridized carbons (Fsp3) is 0.222. The van der Waals surface area contributed by atoms with Crippen molar-refractivity contribution in [3.8, 4) is 16.9 Å². The van der Waals surface area contributed by atoms with Crippen LogP contribution in [-0.4, -0.2) is 15.9 Å². The molecule has 0 atom stereocenters. The molecule has 0 aliphatic carbocycles. The Morgan fingerprint density at radius 1 is 1.12 bits per heavy atom. The molecule has 3 rings (SSSR count). The fourth-order valence-electron chi connectivity index (χ4n) is 2.67. The van der Waals surface area contributed by atoms with Gasteiger partial charge >= 0.3 is 6.36 Å². The first-order valence-corrected chi connectivity index (χ1v) is 7.64. The maximum Gasteiger partial charge on any atom is 0.573 e. The van der Waals surface area contributed by atoms with Crippen molar-refractivity contribution in [3.63, 3.8) is 0 Å². The van der Waals surface area contributed by atoms with E-state index in [1.165, 1.54) is 22.8 Å². The molecule has 0 N–H and O–H groups in total. The third-order valence-electron chi connectivity index (χ3n) is 3.88. The van der Waals surface area contributed by atoms with E-state index in [0.29, 0.717) is 34.3 Å². The number of alkyl halides is 3. The number of hydrogen-bond donors (Lipinski definition) is 0. The summed E-state index contributed by atoms with van der Waals surface area (Å²) >= 11 is 0. The van der Waals surface area contributed by atoms with E-state index < -0.39 is 6.36 Å². The van der Waals surface area contributed by atoms with Crippen molar-refractivity contribution in [2.45, 2.75) is 19.7 Å². The summed E-state index contributed by atoms with van der Waals surface area (Å²) in [6.45, 7) is 1.86. The van der Waals surface area contributed by atoms with Gasteiger partial charge in [-0.2, -0.15) is 0 Å². The van der Waals surface area contributed by atoms with E-state index in [1.807, 2.05) is 6.92 Å². The predicted molar refractivity (Wildman–Crippen MR) is 88.5 cm³/mol. The zero-order valence-corrected chi connectivity index (χ0v) is 13.6. The van der Waals surface area contributed by atoms with Gasteiger partial charge in [-0.05, 0) is 41.8 Å². The summed E-state index contributed by atoms with van der Waals surface area (Å²) in [6, 6.07) is 10.9. The van der Waals surface area contributed by atoms with Crippen LogP contribution in [0.4, 0.5) is 13.2 Å². The Kier molecular flexibility index (Phi) is 4.24. The molecule has 0 unspecified atom stereocenters. The van der Waals surface area contributed by atoms with Crippen LogP contribution in [0.2, 0.25) is 0 Å². The summed E-state index contributed by atoms with van der Waals surface area (Å²) in [5, 5.41) is 0. The van der Waals surface area contributed by atoms with Crippen LogP contribution < -0.4 is 10.3 Å². The third kappa shape index (κ3) is 3.50. The number of aromatic nitrogens is 2. The van der Waals surface area contributed by atoms with Gasteiger partial charge in [0, 0.05) is 7.05 Å². The number of nitrogens with zero attached hydrogens (tertiary/aromatic N) is 2. The van der Waals surface area contributed by atoms with Crippen LogP contribution in [0.15, 0.2) is 47.3 Å². The Morgan fingerprint density at radius 2 is 1.84 bits per heavy atom. The van der Waals surface area contributed by atoms with Crippen molar-refractivity contribution in [1.29, 1.82) is 0 Å². The second-order valence-corrected chi connectivity index (χ2v) is 5.56. The molecule has 0 bridgehead atoms. The minimum atomic E-state index is -4.74. The molecule has 0 radical (unpaired) electrons. The third-order valence-corrected chi connectivity index (χ3v) is 3.88. The van der Waals surface area contributed by atoms with E-state index in [2.05, 4.69) is 9.72 Å². The first kappa shape index (κ1) is 17.0. The van der Waals surface area contributed by atoms with Gasteiger partial charge in [0.25, 0.3) is 5.56 Å². The number of ether oxygens (including phenoxy) is 1. The van der Waals surface area contributed by atoms with Gasteiger partial charge in [0.2, 0.25) is 0 Å². The lowest BCUT2D eigenvalue weighted by Crippen LogP contribution is -2.22. The minimum absolute atomic E-state index is 0.179. The van der Waals surface area contributed by atoms with Crippen LogP contribution in [0, 0.1) is 0 Å². The molecule has 2 aromatic carbocycles. The van der Waals surface area contributed by atoms with Crippen LogP contribution in [0.5, 0.6) is 5.75 Å². The maximum atomic E-state index is 12.4. The second kappa shape index (κ2) is 6.23. The lowest BCUT2D eigenvalue weighted by atomic mass is 10.0. The highest BCUT2D eigenvalue weighted by molar-refractivity contribution is 5.82. The molecular formula is C18H15F3N2O2. The van der Waals surface area contributed by atoms with Crippen molar-refractivity contribution in [3.05, 3.63) is 58.5 Å². The first-order valence-electron chi connectivity index (χ1n) is 7.64. The summed E-state index contributed by atoms with van der Waals surface area (Å²) in [5.74, 6) is -0.293. The zero-order chi connectivity index (χ0) is 18.2. The molecule has 0 amide bonds. The average molecular weight is 348 g/mol. The molecule has 0 spiro atoms. The molecule has 3 aromatic rings. The maximum absolute atomic E-state index is 12.4. The van der Waals surface area contributed by atoms with E-state index in [9.17, 15) is 18.0 Å². The number of halogens is 3. The number of rotatable bonds is 3. The molecule has 0 aliphatic heterocycles. The first-order chi connectivity index (χ1) is 11.8. The summed E-state index contributed by atoms with van der Waals surface area (Å²) in [4.78, 5) is 16.6. The minimum Gasteiger partial charge on any atom is -0.406 e. The van der Waals surface area contributed by atoms with E-state index in [4.69, 9.17) is 0 Å². The molecular weight excluding hydrogens is 333 g/mol. The molecule has 25 heavy (non-hydrogen) atoms. The summed E-state index contributed by atoms with van der Waals surface area (Å²) in [5.41, 5.74) is 2.79. The van der Waals surface area contributed by atoms with Gasteiger partial charge in [0.15, 0.2) is 0 Å². The molecule has 0 saturated heterocycles. The smallest absolute Gasteiger partial charge is 0.406 e. The largest absolute Gasteiger partial charge is 0.573 e. The van der Waals surface area contributed by atoms with Gasteiger partial charge < -0.3 is 9.30 Å². The van der Waals surface area contributed by atoms with Gasteiger partial charge in [-0.25, -0.2) is 4.98 Å². The molecule has 4 nitrogen and oxygen atoms in total. The van der Waals surface area contributed by atoms with Gasteiger partial charge in [-0.1, -0.05) is 25.1 Å². The van der Waals surface area contributed by atoms with E-state index in [-0.39, 0.29) is 11.3 Å². The normalized spacial score (nSPS) is 11.7. The Bertz CT molecular complexity index is 994. The van der Waals surface area contributed by atoms with Crippen molar-refractivity contribution in [1.82, 2.24) is 9.55 Å². The summed E-state index contributed by atoms with van der Waals surface area (Å²) in [7, 11) is 1.65. The Labute approximate surface area is 141 Å². The molecule has 0 aliphatic rings. The molecule has 0 saturated carbocycles. The second-order valence-electron chi connectivity index (χ2n) is 5.56. The standard InChI is InChI=1S/C18H15F3N2O2/c1-3-14-17(24)23(2)16-10-12(7-8-15(16)22-14)11-5-4-6-13(9-11)25-18(19,20)21/h4-10H,3H2,1-2H3. The van der Waals surface area contributed by atoms with Crippen molar-refractivity contribution < 1.29 is 17.9 Å². The van der Waals surface area contributed by atoms with Crippen LogP contribution in [-0.2, 0) is 13.5 Å². The summed E-state index contributed by atoms with van der Waals surface area (Å²) in [6.07, 6.45) is -4.21. The molecule has 1 aromatic heterocycles. The van der Waals surface area contributed by atoms with E-state index >= 15 is 0 Å². The Hall–Kier alpha value is -2.83. The van der Waals surface area contributed by atoms with Crippen molar-refractivity contribution in [2.24, 2.45) is 7.05 Å². The number of aryl methyl sites for hydroxylation is 2. The highest BCUT2D eigenvalue weighted by Crippen LogP contribution is 2.29. The SMILES string of the molecule is CCc1nc2ccc(-c3cccc(OC(F)(F)F)c3)cc2n(C)c1=O. The van der Waals surface area contributed by atoms with Gasteiger partial charge in [0.05, 0.1) is 11.0 Å². The molecule has 1 heterocycles. The predicted octanol–water partition coefficient (Wildman–Crippen LogP) is 4.06. The molecule has 0 fully saturated rings. The zero-order valence-electron chi connectivity index (χ0n) is 13.6. The van der Waals surface area contributed by atoms with Gasteiger partial charge in [-0.15, -0.1) is 13.2 Å². The van der Waals surface area contributed by atoms with E-state index in [0.717, 1.165) is 0 Å². The Balaban J connectivity index is 2.10. The fourth-order valence-corrected chi connectivity index (χ4v) is 2.67. The number of fused-ring (bicyclic) bond motifs is 1. The monoisotopic (exact) mass is 348 g/mol. The quantitative estimate of drug-likeness (QED) is 0.717.